The number of nitro benzene ring substituents is 1. The van der Waals surface area contributed by atoms with E-state index in [1.165, 1.54) is 12.1 Å². The van der Waals surface area contributed by atoms with Crippen molar-refractivity contribution in [1.82, 2.24) is 0 Å². The number of anilines is 1. The van der Waals surface area contributed by atoms with Crippen molar-refractivity contribution in [3.05, 3.63) is 33.9 Å². The first-order valence-electron chi connectivity index (χ1n) is 6.19. The molecule has 7 nitrogen and oxygen atoms in total. The molecule has 1 fully saturated rings. The number of aliphatic hydroxyl groups is 1. The number of benzene rings is 1. The summed E-state index contributed by atoms with van der Waals surface area (Å²) in [5, 5.41) is 20.1. The van der Waals surface area contributed by atoms with E-state index >= 15 is 0 Å². The van der Waals surface area contributed by atoms with E-state index in [1.54, 1.807) is 13.0 Å². The molecular formula is C12H16N2O5S. The van der Waals surface area contributed by atoms with Crippen LogP contribution in [0.4, 0.5) is 11.4 Å². The van der Waals surface area contributed by atoms with E-state index in [2.05, 4.69) is 0 Å². The van der Waals surface area contributed by atoms with Gasteiger partial charge in [0.15, 0.2) is 9.84 Å². The second-order valence-electron chi connectivity index (χ2n) is 4.89. The predicted octanol–water partition coefficient (Wildman–Crippen LogP) is 0.710. The monoisotopic (exact) mass is 300 g/mol. The van der Waals surface area contributed by atoms with E-state index in [0.29, 0.717) is 17.8 Å². The Labute approximate surface area is 116 Å². The Balaban J connectivity index is 2.35. The van der Waals surface area contributed by atoms with Gasteiger partial charge in [-0.2, -0.15) is 0 Å². The Kier molecular flexibility index (Phi) is 3.96. The van der Waals surface area contributed by atoms with E-state index in [0.717, 1.165) is 0 Å². The van der Waals surface area contributed by atoms with Crippen molar-refractivity contribution in [1.29, 1.82) is 0 Å². The topological polar surface area (TPSA) is 101 Å². The molecule has 0 radical (unpaired) electrons. The summed E-state index contributed by atoms with van der Waals surface area (Å²) in [5.74, 6) is 0.105. The summed E-state index contributed by atoms with van der Waals surface area (Å²) in [7, 11) is -3.03. The third-order valence-corrected chi connectivity index (χ3v) is 5.22. The maximum absolute atomic E-state index is 11.6. The minimum Gasteiger partial charge on any atom is -0.392 e. The molecule has 0 bridgehead atoms. The quantitative estimate of drug-likeness (QED) is 0.651. The Bertz CT molecular complexity index is 629. The molecule has 0 aromatic heterocycles. The fourth-order valence-electron chi connectivity index (χ4n) is 2.45. The first kappa shape index (κ1) is 14.7. The van der Waals surface area contributed by atoms with Crippen LogP contribution in [0.2, 0.25) is 0 Å². The van der Waals surface area contributed by atoms with Gasteiger partial charge in [-0.1, -0.05) is 0 Å². The van der Waals surface area contributed by atoms with Crippen LogP contribution in [0.15, 0.2) is 18.2 Å². The Morgan fingerprint density at radius 2 is 2.20 bits per heavy atom. The molecule has 0 amide bonds. The van der Waals surface area contributed by atoms with Crippen LogP contribution in [0.5, 0.6) is 0 Å². The number of non-ortho nitro benzene ring substituents is 1. The normalized spacial score (nSPS) is 21.7. The molecule has 0 spiro atoms. The van der Waals surface area contributed by atoms with Gasteiger partial charge < -0.3 is 10.0 Å². The summed E-state index contributed by atoms with van der Waals surface area (Å²) in [6.07, 6.45) is 0. The second-order valence-corrected chi connectivity index (χ2v) is 7.11. The summed E-state index contributed by atoms with van der Waals surface area (Å²) in [4.78, 5) is 12.1. The van der Waals surface area contributed by atoms with Gasteiger partial charge in [0.1, 0.15) is 0 Å². The van der Waals surface area contributed by atoms with E-state index in [1.807, 2.05) is 4.90 Å². The van der Waals surface area contributed by atoms with Crippen molar-refractivity contribution in [2.45, 2.75) is 19.6 Å². The molecule has 2 rings (SSSR count). The number of hydrogen-bond acceptors (Lipinski definition) is 6. The average molecular weight is 300 g/mol. The minimum absolute atomic E-state index is 0.0505. The number of rotatable bonds is 3. The van der Waals surface area contributed by atoms with Crippen LogP contribution in [-0.4, -0.2) is 42.5 Å². The molecule has 1 heterocycles. The molecule has 0 aliphatic carbocycles. The molecular weight excluding hydrogens is 284 g/mol. The van der Waals surface area contributed by atoms with Gasteiger partial charge in [0.25, 0.3) is 5.69 Å². The van der Waals surface area contributed by atoms with Crippen molar-refractivity contribution in [3.63, 3.8) is 0 Å². The van der Waals surface area contributed by atoms with E-state index < -0.39 is 14.8 Å². The van der Waals surface area contributed by atoms with Crippen LogP contribution in [0.3, 0.4) is 0 Å². The fourth-order valence-corrected chi connectivity index (χ4v) is 4.01. The van der Waals surface area contributed by atoms with Gasteiger partial charge in [-0.3, -0.25) is 10.1 Å². The molecule has 20 heavy (non-hydrogen) atoms. The maximum atomic E-state index is 11.6. The van der Waals surface area contributed by atoms with Crippen LogP contribution in [0, 0.1) is 10.1 Å². The number of aliphatic hydroxyl groups excluding tert-OH is 1. The number of nitro groups is 1. The highest BCUT2D eigenvalue weighted by molar-refractivity contribution is 7.91. The second kappa shape index (κ2) is 5.37. The highest BCUT2D eigenvalue weighted by Crippen LogP contribution is 2.29. The van der Waals surface area contributed by atoms with Gasteiger partial charge in [0.2, 0.25) is 0 Å². The van der Waals surface area contributed by atoms with Crippen LogP contribution in [-0.2, 0) is 16.4 Å². The zero-order valence-corrected chi connectivity index (χ0v) is 11.8. The van der Waals surface area contributed by atoms with Crippen molar-refractivity contribution >= 4 is 21.2 Å². The van der Waals surface area contributed by atoms with E-state index in [-0.39, 0.29) is 29.8 Å². The molecule has 0 saturated carbocycles. The lowest BCUT2D eigenvalue weighted by atomic mass is 10.1. The summed E-state index contributed by atoms with van der Waals surface area (Å²) < 4.78 is 23.1. The first-order chi connectivity index (χ1) is 9.34. The number of sulfone groups is 1. The lowest BCUT2D eigenvalue weighted by Gasteiger charge is -2.36. The largest absolute Gasteiger partial charge is 0.392 e. The van der Waals surface area contributed by atoms with Gasteiger partial charge in [-0.25, -0.2) is 8.42 Å². The van der Waals surface area contributed by atoms with Gasteiger partial charge in [-0.15, -0.1) is 0 Å². The van der Waals surface area contributed by atoms with Crippen LogP contribution >= 0.6 is 0 Å². The molecule has 1 aromatic carbocycles. The van der Waals surface area contributed by atoms with Crippen LogP contribution in [0.1, 0.15) is 12.5 Å². The molecule has 1 N–H and O–H groups in total. The Morgan fingerprint density at radius 3 is 2.75 bits per heavy atom. The number of nitrogens with zero attached hydrogens (tertiary/aromatic N) is 2. The molecule has 8 heteroatoms. The third kappa shape index (κ3) is 2.91. The van der Waals surface area contributed by atoms with Crippen molar-refractivity contribution in [2.24, 2.45) is 0 Å². The zero-order chi connectivity index (χ0) is 14.9. The molecule has 1 aliphatic heterocycles. The predicted molar refractivity (Wildman–Crippen MR) is 74.5 cm³/mol. The Hall–Kier alpha value is -1.67. The highest BCUT2D eigenvalue weighted by Gasteiger charge is 2.29. The van der Waals surface area contributed by atoms with Gasteiger partial charge >= 0.3 is 0 Å². The van der Waals surface area contributed by atoms with Crippen molar-refractivity contribution < 1.29 is 18.4 Å². The van der Waals surface area contributed by atoms with Crippen molar-refractivity contribution in [2.75, 3.05) is 23.0 Å². The number of hydrogen-bond donors (Lipinski definition) is 1. The molecule has 1 aromatic rings. The first-order valence-corrected chi connectivity index (χ1v) is 8.01. The van der Waals surface area contributed by atoms with Gasteiger partial charge in [0.05, 0.1) is 23.0 Å². The lowest BCUT2D eigenvalue weighted by molar-refractivity contribution is -0.384. The smallest absolute Gasteiger partial charge is 0.269 e. The summed E-state index contributed by atoms with van der Waals surface area (Å²) in [6, 6.07) is 4.04. The molecule has 110 valence electrons. The SMILES string of the molecule is CC1CS(=O)(=O)CCN1c1ccc([N+](=O)[O-])cc1CO. The molecule has 1 unspecified atom stereocenters. The fraction of sp³-hybridized carbons (Fsp3) is 0.500. The standard InChI is InChI=1S/C12H16N2O5S/c1-9-8-20(18,19)5-4-13(9)12-3-2-11(14(16)17)6-10(12)7-15/h2-3,6,9,15H,4-5,7-8H2,1H3. The Morgan fingerprint density at radius 1 is 1.50 bits per heavy atom. The maximum Gasteiger partial charge on any atom is 0.269 e. The van der Waals surface area contributed by atoms with Gasteiger partial charge in [0, 0.05) is 36.0 Å². The minimum atomic E-state index is -3.03. The third-order valence-electron chi connectivity index (χ3n) is 3.42. The van der Waals surface area contributed by atoms with Crippen molar-refractivity contribution in [3.8, 4) is 0 Å². The van der Waals surface area contributed by atoms with E-state index in [4.69, 9.17) is 0 Å². The highest BCUT2D eigenvalue weighted by atomic mass is 32.2. The van der Waals surface area contributed by atoms with Gasteiger partial charge in [-0.05, 0) is 13.0 Å². The summed E-state index contributed by atoms with van der Waals surface area (Å²) >= 11 is 0. The summed E-state index contributed by atoms with van der Waals surface area (Å²) in [6.45, 7) is 1.79. The molecule has 1 aliphatic rings. The van der Waals surface area contributed by atoms with Crippen LogP contribution in [0.25, 0.3) is 0 Å². The lowest BCUT2D eigenvalue weighted by Crippen LogP contribution is -2.47. The molecule has 1 saturated heterocycles. The molecule has 1 atom stereocenters. The van der Waals surface area contributed by atoms with E-state index in [9.17, 15) is 23.6 Å². The summed E-state index contributed by atoms with van der Waals surface area (Å²) in [5.41, 5.74) is 1.00. The van der Waals surface area contributed by atoms with Crippen LogP contribution < -0.4 is 4.90 Å². The zero-order valence-electron chi connectivity index (χ0n) is 11.0. The average Bonchev–Trinajstić information content (AvgIpc) is 2.37.